The third-order valence-corrected chi connectivity index (χ3v) is 6.09. The van der Waals surface area contributed by atoms with Crippen LogP contribution in [0.3, 0.4) is 0 Å². The van der Waals surface area contributed by atoms with Gasteiger partial charge in [0.25, 0.3) is 0 Å². The van der Waals surface area contributed by atoms with Crippen LogP contribution in [-0.4, -0.2) is 44.3 Å². The summed E-state index contributed by atoms with van der Waals surface area (Å²) in [5, 5.41) is 7.81. The van der Waals surface area contributed by atoms with Crippen molar-refractivity contribution in [2.24, 2.45) is 4.99 Å². The average molecular weight is 444 g/mol. The lowest BCUT2D eigenvalue weighted by Gasteiger charge is -2.38. The predicted molar refractivity (Wildman–Crippen MR) is 108 cm³/mol. The van der Waals surface area contributed by atoms with E-state index in [0.717, 1.165) is 35.1 Å². The standard InChI is InChI=1S/C20H24F4N4OS/c1-25-18(26-8-5-17-28-16(12-30-17)20(22,23)24)27-13-19(6-9-29-10-7-19)14-3-2-4-15(21)11-14/h2-4,11-12H,5-10,13H2,1H3,(H2,25,26,27). The minimum absolute atomic E-state index is 0.275. The summed E-state index contributed by atoms with van der Waals surface area (Å²) in [7, 11) is 1.62. The van der Waals surface area contributed by atoms with E-state index in [4.69, 9.17) is 4.74 Å². The molecule has 3 rings (SSSR count). The van der Waals surface area contributed by atoms with Gasteiger partial charge in [0.15, 0.2) is 11.7 Å². The highest BCUT2D eigenvalue weighted by Gasteiger charge is 2.35. The summed E-state index contributed by atoms with van der Waals surface area (Å²) in [4.78, 5) is 7.81. The summed E-state index contributed by atoms with van der Waals surface area (Å²) in [5.41, 5.74) is -0.229. The molecule has 1 saturated heterocycles. The van der Waals surface area contributed by atoms with Crippen molar-refractivity contribution in [1.29, 1.82) is 0 Å². The summed E-state index contributed by atoms with van der Waals surface area (Å²) < 4.78 is 57.2. The van der Waals surface area contributed by atoms with Gasteiger partial charge in [-0.15, -0.1) is 11.3 Å². The quantitative estimate of drug-likeness (QED) is 0.405. The summed E-state index contributed by atoms with van der Waals surface area (Å²) in [6, 6.07) is 6.61. The van der Waals surface area contributed by atoms with Gasteiger partial charge in [-0.2, -0.15) is 13.2 Å². The van der Waals surface area contributed by atoms with Crippen LogP contribution >= 0.6 is 11.3 Å². The number of alkyl halides is 3. The molecule has 2 heterocycles. The fraction of sp³-hybridized carbons (Fsp3) is 0.500. The van der Waals surface area contributed by atoms with Crippen LogP contribution in [0, 0.1) is 5.82 Å². The van der Waals surface area contributed by atoms with Gasteiger partial charge >= 0.3 is 6.18 Å². The Morgan fingerprint density at radius 1 is 1.27 bits per heavy atom. The molecule has 30 heavy (non-hydrogen) atoms. The topological polar surface area (TPSA) is 58.5 Å². The number of benzene rings is 1. The Hall–Kier alpha value is -2.20. The molecule has 0 saturated carbocycles. The molecule has 1 aromatic carbocycles. The Bertz CT molecular complexity index is 862. The van der Waals surface area contributed by atoms with Crippen LogP contribution < -0.4 is 10.6 Å². The van der Waals surface area contributed by atoms with E-state index in [1.165, 1.54) is 6.07 Å². The molecule has 2 N–H and O–H groups in total. The fourth-order valence-electron chi connectivity index (χ4n) is 3.47. The minimum atomic E-state index is -4.42. The maximum atomic E-state index is 13.8. The van der Waals surface area contributed by atoms with Crippen molar-refractivity contribution in [2.75, 3.05) is 33.4 Å². The van der Waals surface area contributed by atoms with E-state index in [1.54, 1.807) is 19.2 Å². The van der Waals surface area contributed by atoms with Gasteiger partial charge in [0.1, 0.15) is 5.82 Å². The third-order valence-electron chi connectivity index (χ3n) is 5.18. The second-order valence-corrected chi connectivity index (χ2v) is 8.07. The highest BCUT2D eigenvalue weighted by molar-refractivity contribution is 7.09. The second kappa shape index (κ2) is 9.74. The van der Waals surface area contributed by atoms with Crippen LogP contribution in [0.5, 0.6) is 0 Å². The fourth-order valence-corrected chi connectivity index (χ4v) is 4.27. The molecule has 1 aliphatic heterocycles. The van der Waals surface area contributed by atoms with Gasteiger partial charge in [-0.05, 0) is 30.5 Å². The molecule has 2 aromatic rings. The number of aromatic nitrogens is 1. The van der Waals surface area contributed by atoms with Gasteiger partial charge in [-0.3, -0.25) is 4.99 Å². The first kappa shape index (κ1) is 22.5. The van der Waals surface area contributed by atoms with Gasteiger partial charge in [0.2, 0.25) is 0 Å². The van der Waals surface area contributed by atoms with E-state index < -0.39 is 11.9 Å². The van der Waals surface area contributed by atoms with E-state index in [-0.39, 0.29) is 11.2 Å². The number of thiazole rings is 1. The number of nitrogens with one attached hydrogen (secondary N) is 2. The lowest BCUT2D eigenvalue weighted by Crippen LogP contribution is -2.48. The summed E-state index contributed by atoms with van der Waals surface area (Å²) in [5.74, 6) is 0.257. The number of nitrogens with zero attached hydrogens (tertiary/aromatic N) is 2. The van der Waals surface area contributed by atoms with E-state index in [9.17, 15) is 17.6 Å². The molecule has 1 aromatic heterocycles. The molecular weight excluding hydrogens is 420 g/mol. The van der Waals surface area contributed by atoms with Gasteiger partial charge in [0.05, 0.1) is 5.01 Å². The van der Waals surface area contributed by atoms with Crippen molar-refractivity contribution in [2.45, 2.75) is 30.9 Å². The zero-order chi connectivity index (χ0) is 21.6. The average Bonchev–Trinajstić information content (AvgIpc) is 3.21. The van der Waals surface area contributed by atoms with E-state index >= 15 is 0 Å². The molecule has 0 aliphatic carbocycles. The Morgan fingerprint density at radius 3 is 2.67 bits per heavy atom. The Morgan fingerprint density at radius 2 is 2.03 bits per heavy atom. The highest BCUT2D eigenvalue weighted by atomic mass is 32.1. The number of ether oxygens (including phenoxy) is 1. The molecule has 0 amide bonds. The molecule has 1 fully saturated rings. The number of rotatable bonds is 6. The Balaban J connectivity index is 1.57. The second-order valence-electron chi connectivity index (χ2n) is 7.13. The zero-order valence-corrected chi connectivity index (χ0v) is 17.4. The van der Waals surface area contributed by atoms with Gasteiger partial charge < -0.3 is 15.4 Å². The van der Waals surface area contributed by atoms with Crippen molar-refractivity contribution in [3.8, 4) is 0 Å². The van der Waals surface area contributed by atoms with E-state index in [1.807, 2.05) is 6.07 Å². The molecular formula is C20H24F4N4OS. The van der Waals surface area contributed by atoms with Crippen LogP contribution in [0.4, 0.5) is 17.6 Å². The molecule has 0 radical (unpaired) electrons. The molecule has 10 heteroatoms. The summed E-state index contributed by atoms with van der Waals surface area (Å²) >= 11 is 0.989. The lowest BCUT2D eigenvalue weighted by molar-refractivity contribution is -0.140. The third kappa shape index (κ3) is 5.69. The molecule has 164 valence electrons. The van der Waals surface area contributed by atoms with Crippen LogP contribution in [0.1, 0.15) is 29.1 Å². The molecule has 1 aliphatic rings. The van der Waals surface area contributed by atoms with Crippen molar-refractivity contribution >= 4 is 17.3 Å². The SMILES string of the molecule is CN=C(NCCc1nc(C(F)(F)F)cs1)NCC1(c2cccc(F)c2)CCOCC1. The molecule has 0 bridgehead atoms. The molecule has 0 spiro atoms. The minimum Gasteiger partial charge on any atom is -0.381 e. The summed E-state index contributed by atoms with van der Waals surface area (Å²) in [6.45, 7) is 2.11. The van der Waals surface area contributed by atoms with Gasteiger partial charge in [-0.25, -0.2) is 9.37 Å². The highest BCUT2D eigenvalue weighted by Crippen LogP contribution is 2.34. The predicted octanol–water partition coefficient (Wildman–Crippen LogP) is 3.76. The monoisotopic (exact) mass is 444 g/mol. The van der Waals surface area contributed by atoms with Crippen molar-refractivity contribution in [1.82, 2.24) is 15.6 Å². The normalized spacial score (nSPS) is 17.0. The van der Waals surface area contributed by atoms with Gasteiger partial charge in [0, 0.05) is 50.6 Å². The largest absolute Gasteiger partial charge is 0.434 e. The Kier molecular flexibility index (Phi) is 7.30. The Labute approximate surface area is 176 Å². The van der Waals surface area contributed by atoms with E-state index in [2.05, 4.69) is 20.6 Å². The number of hydrogen-bond donors (Lipinski definition) is 2. The van der Waals surface area contributed by atoms with Crippen LogP contribution in [-0.2, 0) is 22.7 Å². The van der Waals surface area contributed by atoms with Crippen molar-refractivity contribution in [3.05, 3.63) is 51.7 Å². The van der Waals surface area contributed by atoms with Crippen LogP contribution in [0.25, 0.3) is 0 Å². The number of hydrogen-bond acceptors (Lipinski definition) is 4. The number of guanidine groups is 1. The zero-order valence-electron chi connectivity index (χ0n) is 16.6. The maximum Gasteiger partial charge on any atom is 0.434 e. The first-order valence-corrected chi connectivity index (χ1v) is 10.5. The maximum absolute atomic E-state index is 13.8. The number of aliphatic imine (C=N–C) groups is 1. The lowest BCUT2D eigenvalue weighted by atomic mass is 9.74. The van der Waals surface area contributed by atoms with Crippen molar-refractivity contribution < 1.29 is 22.3 Å². The first-order valence-electron chi connectivity index (χ1n) is 9.62. The smallest absolute Gasteiger partial charge is 0.381 e. The summed E-state index contributed by atoms with van der Waals surface area (Å²) in [6.07, 6.45) is -2.57. The van der Waals surface area contributed by atoms with Crippen LogP contribution in [0.15, 0.2) is 34.6 Å². The number of halogens is 4. The van der Waals surface area contributed by atoms with Crippen LogP contribution in [0.2, 0.25) is 0 Å². The van der Waals surface area contributed by atoms with Crippen molar-refractivity contribution in [3.63, 3.8) is 0 Å². The molecule has 5 nitrogen and oxygen atoms in total. The molecule has 0 unspecified atom stereocenters. The van der Waals surface area contributed by atoms with Gasteiger partial charge in [-0.1, -0.05) is 12.1 Å². The molecule has 0 atom stereocenters. The van der Waals surface area contributed by atoms with E-state index in [0.29, 0.717) is 43.7 Å². The first-order chi connectivity index (χ1) is 14.3.